The number of rotatable bonds is 43. The van der Waals surface area contributed by atoms with E-state index < -0.39 is 8.32 Å². The minimum absolute atomic E-state index is 0.0191. The molecule has 0 aromatic heterocycles. The first kappa shape index (κ1) is 64.2. The lowest BCUT2D eigenvalue weighted by molar-refractivity contribution is -0.154. The molecule has 2 aromatic carbocycles. The number of esters is 2. The van der Waals surface area contributed by atoms with Crippen LogP contribution in [-0.2, 0) is 23.5 Å². The number of hydrogen-bond donors (Lipinski definition) is 0. The fraction of sp³-hybridized carbons (Fsp3) is 0.781. The highest BCUT2D eigenvalue weighted by Gasteiger charge is 2.50. The van der Waals surface area contributed by atoms with Gasteiger partial charge < -0.3 is 18.8 Å². The monoisotopic (exact) mass is 1030 g/mol. The molecule has 6 nitrogen and oxygen atoms in total. The maximum absolute atomic E-state index is 13.4. The topological polar surface area (TPSA) is 65.1 Å². The summed E-state index contributed by atoms with van der Waals surface area (Å²) < 4.78 is 19.6. The molecule has 0 heterocycles. The highest BCUT2D eigenvalue weighted by Crippen LogP contribution is 2.37. The molecule has 412 valence electrons. The summed E-state index contributed by atoms with van der Waals surface area (Å²) in [7, 11) is -0.191. The molecule has 3 unspecified atom stereocenters. The van der Waals surface area contributed by atoms with Gasteiger partial charge in [0.15, 0.2) is 0 Å². The third-order valence-corrected chi connectivity index (χ3v) is 22.0. The second kappa shape index (κ2) is 40.2. The van der Waals surface area contributed by atoms with Crippen LogP contribution in [0, 0.1) is 11.8 Å². The van der Waals surface area contributed by atoms with Gasteiger partial charge in [0.05, 0.1) is 18.4 Å². The molecular formula is C64H111NO5SSi. The van der Waals surface area contributed by atoms with Gasteiger partial charge in [-0.15, -0.1) is 0 Å². The summed E-state index contributed by atoms with van der Waals surface area (Å²) >= 11 is 2.00. The third-order valence-electron chi connectivity index (χ3n) is 15.8. The predicted octanol–water partition coefficient (Wildman–Crippen LogP) is 17.2. The van der Waals surface area contributed by atoms with Crippen molar-refractivity contribution in [2.24, 2.45) is 11.8 Å². The van der Waals surface area contributed by atoms with E-state index in [2.05, 4.69) is 114 Å². The van der Waals surface area contributed by atoms with E-state index in [-0.39, 0.29) is 34.9 Å². The number of carbonyl (C=O) groups is 2. The molecule has 1 saturated carbocycles. The molecule has 0 radical (unpaired) electrons. The van der Waals surface area contributed by atoms with Crippen molar-refractivity contribution >= 4 is 42.4 Å². The molecule has 72 heavy (non-hydrogen) atoms. The van der Waals surface area contributed by atoms with Crippen molar-refractivity contribution in [1.29, 1.82) is 0 Å². The normalized spacial score (nSPS) is 15.1. The van der Waals surface area contributed by atoms with Gasteiger partial charge in [-0.25, -0.2) is 0 Å². The van der Waals surface area contributed by atoms with Crippen molar-refractivity contribution in [3.63, 3.8) is 0 Å². The summed E-state index contributed by atoms with van der Waals surface area (Å²) in [5.74, 6) is 2.40. The van der Waals surface area contributed by atoms with E-state index in [1.165, 1.54) is 139 Å². The number of carbonyl (C=O) groups excluding carboxylic acids is 2. The van der Waals surface area contributed by atoms with E-state index in [4.69, 9.17) is 13.9 Å². The Morgan fingerprint density at radius 1 is 0.597 bits per heavy atom. The van der Waals surface area contributed by atoms with E-state index >= 15 is 0 Å². The first-order valence-corrected chi connectivity index (χ1v) is 33.5. The minimum Gasteiger partial charge on any atom is -0.465 e. The maximum Gasteiger partial charge on any atom is 0.309 e. The Kier molecular flexibility index (Phi) is 35.8. The molecule has 0 amide bonds. The van der Waals surface area contributed by atoms with Gasteiger partial charge in [-0.3, -0.25) is 9.59 Å². The standard InChI is InChI=1S/C64H111NO5SSi/c1-8-11-14-17-18-26-41-56(40-25-15-12-9-2)62(66)68-52-37-23-29-44-58(45-30-24-39-54-71-55-59(46-31-16-13-10-3)70-63(67)57-42-27-19-20-28-43-57)65(7)51-36-38-53-69-72(64(4,5)6,60-47-32-21-33-48-60)61-49-34-22-35-50-61/h21-22,32-35,47-50,56-59H,8-20,23-31,36-46,51-55H2,1-7H3. The molecule has 0 bridgehead atoms. The van der Waals surface area contributed by atoms with E-state index in [1.807, 2.05) is 11.8 Å². The number of hydrogen-bond acceptors (Lipinski definition) is 7. The Morgan fingerprint density at radius 3 is 1.65 bits per heavy atom. The first-order valence-electron chi connectivity index (χ1n) is 30.5. The molecule has 0 spiro atoms. The smallest absolute Gasteiger partial charge is 0.309 e. The van der Waals surface area contributed by atoms with Crippen molar-refractivity contribution in [1.82, 2.24) is 4.90 Å². The zero-order valence-electron chi connectivity index (χ0n) is 47.8. The molecule has 2 aromatic rings. The van der Waals surface area contributed by atoms with Gasteiger partial charge in [0.1, 0.15) is 6.10 Å². The van der Waals surface area contributed by atoms with Gasteiger partial charge in [-0.05, 0) is 112 Å². The highest BCUT2D eigenvalue weighted by atomic mass is 32.2. The quantitative estimate of drug-likeness (QED) is 0.0284. The second-order valence-electron chi connectivity index (χ2n) is 23.0. The third kappa shape index (κ3) is 26.1. The zero-order chi connectivity index (χ0) is 52.0. The molecule has 0 aliphatic heterocycles. The largest absolute Gasteiger partial charge is 0.465 e. The Bertz CT molecular complexity index is 1560. The van der Waals surface area contributed by atoms with Gasteiger partial charge in [-0.2, -0.15) is 11.8 Å². The lowest BCUT2D eigenvalue weighted by Crippen LogP contribution is -2.66. The van der Waals surface area contributed by atoms with E-state index in [0.29, 0.717) is 12.6 Å². The first-order chi connectivity index (χ1) is 35.1. The van der Waals surface area contributed by atoms with Crippen LogP contribution in [0.5, 0.6) is 0 Å². The Labute approximate surface area is 450 Å². The molecular weight excluding hydrogens is 923 g/mol. The molecule has 3 rings (SSSR count). The lowest BCUT2D eigenvalue weighted by atomic mass is 9.94. The fourth-order valence-corrected chi connectivity index (χ4v) is 16.9. The van der Waals surface area contributed by atoms with Crippen LogP contribution < -0.4 is 10.4 Å². The van der Waals surface area contributed by atoms with E-state index in [1.54, 1.807) is 0 Å². The van der Waals surface area contributed by atoms with Crippen LogP contribution in [0.4, 0.5) is 0 Å². The van der Waals surface area contributed by atoms with Crippen LogP contribution in [0.3, 0.4) is 0 Å². The lowest BCUT2D eigenvalue weighted by Gasteiger charge is -2.43. The fourth-order valence-electron chi connectivity index (χ4n) is 11.3. The van der Waals surface area contributed by atoms with Crippen LogP contribution in [0.1, 0.15) is 253 Å². The molecule has 1 fully saturated rings. The highest BCUT2D eigenvalue weighted by molar-refractivity contribution is 7.99. The van der Waals surface area contributed by atoms with Gasteiger partial charge >= 0.3 is 11.9 Å². The van der Waals surface area contributed by atoms with Crippen LogP contribution in [0.15, 0.2) is 60.7 Å². The molecule has 1 aliphatic carbocycles. The number of nitrogens with zero attached hydrogens (tertiary/aromatic N) is 1. The predicted molar refractivity (Wildman–Crippen MR) is 315 cm³/mol. The summed E-state index contributed by atoms with van der Waals surface area (Å²) in [5, 5.41) is 2.68. The number of benzene rings is 2. The maximum atomic E-state index is 13.4. The number of unbranched alkanes of at least 4 members (excludes halogenated alkanes) is 16. The minimum atomic E-state index is -2.55. The summed E-state index contributed by atoms with van der Waals surface area (Å²) in [5.41, 5.74) is 0. The average Bonchev–Trinajstić information content (AvgIpc) is 3.68. The molecule has 1 aliphatic rings. The zero-order valence-corrected chi connectivity index (χ0v) is 49.7. The summed E-state index contributed by atoms with van der Waals surface area (Å²) in [6.45, 7) is 16.3. The van der Waals surface area contributed by atoms with Gasteiger partial charge in [0.2, 0.25) is 0 Å². The average molecular weight is 1030 g/mol. The number of ether oxygens (including phenoxy) is 2. The summed E-state index contributed by atoms with van der Waals surface area (Å²) in [6.07, 6.45) is 38.7. The Morgan fingerprint density at radius 2 is 1.08 bits per heavy atom. The Balaban J connectivity index is 1.54. The van der Waals surface area contributed by atoms with Crippen LogP contribution in [0.25, 0.3) is 0 Å². The molecule has 8 heteroatoms. The van der Waals surface area contributed by atoms with E-state index in [0.717, 1.165) is 108 Å². The van der Waals surface area contributed by atoms with Crippen molar-refractivity contribution in [3.8, 4) is 0 Å². The van der Waals surface area contributed by atoms with Gasteiger partial charge in [-0.1, -0.05) is 237 Å². The number of thioether (sulfide) groups is 1. The molecule has 0 saturated heterocycles. The summed E-state index contributed by atoms with van der Waals surface area (Å²) in [4.78, 5) is 29.3. The van der Waals surface area contributed by atoms with Gasteiger partial charge in [0, 0.05) is 18.4 Å². The molecule has 0 N–H and O–H groups in total. The second-order valence-corrected chi connectivity index (χ2v) is 28.4. The van der Waals surface area contributed by atoms with Crippen LogP contribution >= 0.6 is 11.8 Å². The van der Waals surface area contributed by atoms with Crippen LogP contribution in [0.2, 0.25) is 5.04 Å². The Hall–Kier alpha value is -2.13. The molecule has 3 atom stereocenters. The van der Waals surface area contributed by atoms with Crippen LogP contribution in [-0.4, -0.2) is 75.6 Å². The van der Waals surface area contributed by atoms with E-state index in [9.17, 15) is 9.59 Å². The van der Waals surface area contributed by atoms with Crippen molar-refractivity contribution < 1.29 is 23.5 Å². The van der Waals surface area contributed by atoms with Crippen molar-refractivity contribution in [2.45, 2.75) is 271 Å². The van der Waals surface area contributed by atoms with Gasteiger partial charge in [0.25, 0.3) is 8.32 Å². The summed E-state index contributed by atoms with van der Waals surface area (Å²) in [6, 6.07) is 22.6. The van der Waals surface area contributed by atoms with Crippen molar-refractivity contribution in [3.05, 3.63) is 60.7 Å². The van der Waals surface area contributed by atoms with Crippen molar-refractivity contribution in [2.75, 3.05) is 38.3 Å². The SMILES string of the molecule is CCCCCCCCC(CCCCCC)C(=O)OCCCCCC(CCCCCSCC(CCCCCC)OC(=O)C1CCCCCC1)N(C)CCCCO[Si](c1ccccc1)(c1ccccc1)C(C)(C)C.